The van der Waals surface area contributed by atoms with Crippen molar-refractivity contribution in [2.75, 3.05) is 17.3 Å². The van der Waals surface area contributed by atoms with Crippen LogP contribution in [0.25, 0.3) is 0 Å². The lowest BCUT2D eigenvalue weighted by Crippen LogP contribution is -2.30. The average Bonchev–Trinajstić information content (AvgIpc) is 3.08. The molecule has 2 amide bonds. The highest BCUT2D eigenvalue weighted by atomic mass is 32.1. The number of rotatable bonds is 4. The minimum absolute atomic E-state index is 0.293. The first-order chi connectivity index (χ1) is 12.2. The first-order valence-corrected chi connectivity index (χ1v) is 8.21. The number of urea groups is 1. The fourth-order valence-corrected chi connectivity index (χ4v) is 2.73. The Labute approximate surface area is 148 Å². The summed E-state index contributed by atoms with van der Waals surface area (Å²) in [5.41, 5.74) is 1.29. The Balaban J connectivity index is 1.65. The highest BCUT2D eigenvalue weighted by Crippen LogP contribution is 2.30. The van der Waals surface area contributed by atoms with Crippen LogP contribution in [0.2, 0.25) is 0 Å². The quantitative estimate of drug-likeness (QED) is 0.753. The Morgan fingerprint density at radius 1 is 1.24 bits per heavy atom. The highest BCUT2D eigenvalue weighted by molar-refractivity contribution is 7.17. The van der Waals surface area contributed by atoms with Gasteiger partial charge in [-0.3, -0.25) is 10.2 Å². The summed E-state index contributed by atoms with van der Waals surface area (Å²) in [6, 6.07) is 17.9. The van der Waals surface area contributed by atoms with Crippen LogP contribution in [0.1, 0.15) is 5.56 Å². The van der Waals surface area contributed by atoms with E-state index in [2.05, 4.69) is 16.4 Å². The van der Waals surface area contributed by atoms with E-state index >= 15 is 0 Å². The second kappa shape index (κ2) is 7.47. The Morgan fingerprint density at radius 3 is 2.80 bits per heavy atom. The van der Waals surface area contributed by atoms with Gasteiger partial charge in [-0.15, -0.1) is 0 Å². The summed E-state index contributed by atoms with van der Waals surface area (Å²) < 4.78 is 5.67. The summed E-state index contributed by atoms with van der Waals surface area (Å²) in [7, 11) is 1.68. The number of nitrogens with one attached hydrogen (secondary N) is 1. The van der Waals surface area contributed by atoms with E-state index < -0.39 is 0 Å². The van der Waals surface area contributed by atoms with Gasteiger partial charge >= 0.3 is 6.03 Å². The molecule has 0 bridgehead atoms. The van der Waals surface area contributed by atoms with Gasteiger partial charge in [0.15, 0.2) is 5.13 Å². The Kier molecular flexibility index (Phi) is 4.92. The van der Waals surface area contributed by atoms with Gasteiger partial charge in [-0.25, -0.2) is 9.78 Å². The zero-order valence-electron chi connectivity index (χ0n) is 13.3. The van der Waals surface area contributed by atoms with Crippen molar-refractivity contribution in [2.24, 2.45) is 0 Å². The van der Waals surface area contributed by atoms with Gasteiger partial charge in [0, 0.05) is 12.7 Å². The van der Waals surface area contributed by atoms with E-state index in [1.165, 1.54) is 22.4 Å². The van der Waals surface area contributed by atoms with Crippen molar-refractivity contribution in [3.8, 4) is 16.9 Å². The number of nitrogens with zero attached hydrogens (tertiary/aromatic N) is 3. The standard InChI is InChI=1S/C18H14N4O2S/c1-22(14-7-3-2-4-8-14)18(23)21-17-20-12-16(25-17)24-15-9-5-6-13(10-15)11-19/h2-10,12H,1H3,(H,20,21,23). The van der Waals surface area contributed by atoms with E-state index in [0.29, 0.717) is 21.5 Å². The van der Waals surface area contributed by atoms with Crippen molar-refractivity contribution >= 4 is 28.2 Å². The van der Waals surface area contributed by atoms with Gasteiger partial charge in [0.25, 0.3) is 0 Å². The Morgan fingerprint density at radius 2 is 2.04 bits per heavy atom. The molecule has 0 aliphatic heterocycles. The molecule has 0 radical (unpaired) electrons. The normalized spacial score (nSPS) is 9.92. The van der Waals surface area contributed by atoms with Gasteiger partial charge in [-0.1, -0.05) is 35.6 Å². The monoisotopic (exact) mass is 350 g/mol. The number of hydrogen-bond donors (Lipinski definition) is 1. The number of thiazole rings is 1. The number of para-hydroxylation sites is 1. The van der Waals surface area contributed by atoms with Crippen LogP contribution in [0, 0.1) is 11.3 Å². The summed E-state index contributed by atoms with van der Waals surface area (Å²) in [5, 5.41) is 12.6. The van der Waals surface area contributed by atoms with Crippen LogP contribution in [-0.2, 0) is 0 Å². The SMILES string of the molecule is CN(C(=O)Nc1ncc(Oc2cccc(C#N)c2)s1)c1ccccc1. The van der Waals surface area contributed by atoms with E-state index in [4.69, 9.17) is 10.00 Å². The van der Waals surface area contributed by atoms with Gasteiger partial charge < -0.3 is 4.74 Å². The molecule has 1 aromatic heterocycles. The summed E-state index contributed by atoms with van der Waals surface area (Å²) in [4.78, 5) is 17.9. The zero-order chi connectivity index (χ0) is 17.6. The number of aromatic nitrogens is 1. The van der Waals surface area contributed by atoms with Crippen molar-refractivity contribution in [2.45, 2.75) is 0 Å². The summed E-state index contributed by atoms with van der Waals surface area (Å²) in [5.74, 6) is 0.544. The number of benzene rings is 2. The molecule has 0 saturated carbocycles. The molecule has 1 N–H and O–H groups in total. The molecule has 124 valence electrons. The van der Waals surface area contributed by atoms with Gasteiger partial charge in [0.1, 0.15) is 5.75 Å². The molecule has 0 atom stereocenters. The fourth-order valence-electron chi connectivity index (χ4n) is 2.05. The number of anilines is 2. The number of nitriles is 1. The molecule has 0 aliphatic rings. The van der Waals surface area contributed by atoms with Crippen LogP contribution in [-0.4, -0.2) is 18.1 Å². The fraction of sp³-hybridized carbons (Fsp3) is 0.0556. The van der Waals surface area contributed by atoms with Crippen molar-refractivity contribution in [1.82, 2.24) is 4.98 Å². The molecule has 1 heterocycles. The van der Waals surface area contributed by atoms with Gasteiger partial charge in [0.2, 0.25) is 5.06 Å². The molecular weight excluding hydrogens is 336 g/mol. The Bertz CT molecular complexity index is 918. The highest BCUT2D eigenvalue weighted by Gasteiger charge is 2.13. The number of ether oxygens (including phenoxy) is 1. The molecule has 3 aromatic rings. The minimum atomic E-state index is -0.293. The third-order valence-corrected chi connectivity index (χ3v) is 4.12. The maximum absolute atomic E-state index is 12.3. The van der Waals surface area contributed by atoms with E-state index in [9.17, 15) is 4.79 Å². The lowest BCUT2D eigenvalue weighted by Gasteiger charge is -2.16. The second-order valence-corrected chi connectivity index (χ2v) is 6.04. The summed E-state index contributed by atoms with van der Waals surface area (Å²) >= 11 is 1.21. The third kappa shape index (κ3) is 4.13. The molecule has 0 spiro atoms. The smallest absolute Gasteiger partial charge is 0.327 e. The lowest BCUT2D eigenvalue weighted by atomic mass is 10.2. The van der Waals surface area contributed by atoms with Crippen LogP contribution in [0.3, 0.4) is 0 Å². The van der Waals surface area contributed by atoms with E-state index in [1.54, 1.807) is 31.3 Å². The Hall–Kier alpha value is -3.37. The molecule has 0 unspecified atom stereocenters. The van der Waals surface area contributed by atoms with Gasteiger partial charge in [-0.2, -0.15) is 5.26 Å². The minimum Gasteiger partial charge on any atom is -0.445 e. The third-order valence-electron chi connectivity index (χ3n) is 3.33. The van der Waals surface area contributed by atoms with Crippen molar-refractivity contribution < 1.29 is 9.53 Å². The van der Waals surface area contributed by atoms with Crippen LogP contribution in [0.5, 0.6) is 10.8 Å². The lowest BCUT2D eigenvalue weighted by molar-refractivity contribution is 0.258. The predicted octanol–water partition coefficient (Wildman–Crippen LogP) is 4.48. The van der Waals surface area contributed by atoms with E-state index in [-0.39, 0.29) is 6.03 Å². The molecule has 0 fully saturated rings. The molecule has 25 heavy (non-hydrogen) atoms. The van der Waals surface area contributed by atoms with Crippen molar-refractivity contribution in [3.63, 3.8) is 0 Å². The average molecular weight is 350 g/mol. The second-order valence-electron chi connectivity index (χ2n) is 5.05. The molecule has 2 aromatic carbocycles. The predicted molar refractivity (Wildman–Crippen MR) is 97.2 cm³/mol. The molecule has 7 heteroatoms. The van der Waals surface area contributed by atoms with Crippen molar-refractivity contribution in [3.05, 3.63) is 66.4 Å². The maximum atomic E-state index is 12.3. The topological polar surface area (TPSA) is 78.2 Å². The number of carbonyl (C=O) groups is 1. The molecule has 0 aliphatic carbocycles. The van der Waals surface area contributed by atoms with Crippen LogP contribution < -0.4 is 15.0 Å². The van der Waals surface area contributed by atoms with Crippen LogP contribution in [0.4, 0.5) is 15.6 Å². The molecule has 0 saturated heterocycles. The summed E-state index contributed by atoms with van der Waals surface area (Å²) in [6.07, 6.45) is 1.53. The van der Waals surface area contributed by atoms with Crippen LogP contribution in [0.15, 0.2) is 60.8 Å². The number of hydrogen-bond acceptors (Lipinski definition) is 5. The first-order valence-electron chi connectivity index (χ1n) is 7.39. The van der Waals surface area contributed by atoms with Crippen LogP contribution >= 0.6 is 11.3 Å². The number of carbonyl (C=O) groups excluding carboxylic acids is 1. The van der Waals surface area contributed by atoms with E-state index in [0.717, 1.165) is 5.69 Å². The van der Waals surface area contributed by atoms with Crippen molar-refractivity contribution in [1.29, 1.82) is 5.26 Å². The van der Waals surface area contributed by atoms with Gasteiger partial charge in [-0.05, 0) is 30.3 Å². The van der Waals surface area contributed by atoms with E-state index in [1.807, 2.05) is 30.3 Å². The first kappa shape index (κ1) is 16.5. The largest absolute Gasteiger partial charge is 0.445 e. The zero-order valence-corrected chi connectivity index (χ0v) is 14.2. The number of amides is 2. The maximum Gasteiger partial charge on any atom is 0.327 e. The summed E-state index contributed by atoms with van der Waals surface area (Å²) in [6.45, 7) is 0. The molecule has 6 nitrogen and oxygen atoms in total. The van der Waals surface area contributed by atoms with Gasteiger partial charge in [0.05, 0.1) is 17.8 Å². The molecule has 3 rings (SSSR count). The molecular formula is C18H14N4O2S.